The molecule has 1 saturated heterocycles. The lowest BCUT2D eigenvalue weighted by atomic mass is 9.57. The highest BCUT2D eigenvalue weighted by Gasteiger charge is 2.64. The molecular weight excluding hydrogens is 540 g/mol. The SMILES string of the molecule is CC1N(Cc2cc(N(C)C)c3c(c2O)C(O)=C2C(=O)[C@]4(O)C(O)=C(C(N)=O)C(=O)[C@@H](N(C)C)[C@@H]4C[C@@H]2C3)CC2CC21C. The molecule has 0 spiro atoms. The Hall–Kier alpha value is -3.41. The summed E-state index contributed by atoms with van der Waals surface area (Å²) in [4.78, 5) is 45.4. The molecule has 1 aliphatic heterocycles. The van der Waals surface area contributed by atoms with Crippen molar-refractivity contribution in [2.24, 2.45) is 28.9 Å². The molecule has 6 N–H and O–H groups in total. The number of anilines is 1. The van der Waals surface area contributed by atoms with Gasteiger partial charge in [0.15, 0.2) is 11.4 Å². The number of benzene rings is 1. The van der Waals surface area contributed by atoms with Gasteiger partial charge in [0.1, 0.15) is 22.8 Å². The molecule has 2 saturated carbocycles. The Kier molecular flexibility index (Phi) is 6.18. The van der Waals surface area contributed by atoms with Gasteiger partial charge in [0.25, 0.3) is 5.91 Å². The molecule has 3 fully saturated rings. The zero-order chi connectivity index (χ0) is 30.8. The second-order valence-electron chi connectivity index (χ2n) is 13.6. The summed E-state index contributed by atoms with van der Waals surface area (Å²) in [6, 6.07) is 1.16. The van der Waals surface area contributed by atoms with Gasteiger partial charge in [-0.25, -0.2) is 0 Å². The molecule has 0 bridgehead atoms. The fourth-order valence-electron chi connectivity index (χ4n) is 8.40. The van der Waals surface area contributed by atoms with Crippen LogP contribution >= 0.6 is 0 Å². The Morgan fingerprint density at radius 1 is 1.17 bits per heavy atom. The molecule has 11 heteroatoms. The first-order valence-corrected chi connectivity index (χ1v) is 14.5. The number of rotatable bonds is 5. The molecular formula is C31H40N4O7. The van der Waals surface area contributed by atoms with Crippen LogP contribution in [0.4, 0.5) is 5.69 Å². The van der Waals surface area contributed by atoms with Crippen LogP contribution in [0.25, 0.3) is 5.76 Å². The van der Waals surface area contributed by atoms with Crippen LogP contribution in [-0.2, 0) is 27.3 Å². The van der Waals surface area contributed by atoms with Gasteiger partial charge < -0.3 is 31.1 Å². The normalized spacial score (nSPS) is 35.7. The number of Topliss-reactive ketones (excluding diaryl/α,β-unsaturated/α-hetero) is 2. The molecule has 226 valence electrons. The van der Waals surface area contributed by atoms with E-state index in [4.69, 9.17) is 5.73 Å². The molecule has 1 amide bonds. The maximum atomic E-state index is 14.2. The molecule has 7 atom stereocenters. The molecule has 0 radical (unpaired) electrons. The molecule has 1 aromatic carbocycles. The largest absolute Gasteiger partial charge is 0.508 e. The predicted octanol–water partition coefficient (Wildman–Crippen LogP) is 1.26. The van der Waals surface area contributed by atoms with Crippen LogP contribution in [0.3, 0.4) is 0 Å². The summed E-state index contributed by atoms with van der Waals surface area (Å²) in [6.45, 7) is 5.88. The Labute approximate surface area is 244 Å². The topological polar surface area (TPSA) is 168 Å². The van der Waals surface area contributed by atoms with Crippen LogP contribution < -0.4 is 10.6 Å². The second-order valence-corrected chi connectivity index (χ2v) is 13.6. The van der Waals surface area contributed by atoms with E-state index in [1.54, 1.807) is 14.1 Å². The number of aliphatic hydroxyl groups is 3. The van der Waals surface area contributed by atoms with Gasteiger partial charge in [-0.2, -0.15) is 0 Å². The van der Waals surface area contributed by atoms with Crippen molar-refractivity contribution < 1.29 is 34.8 Å². The van der Waals surface area contributed by atoms with Gasteiger partial charge in [-0.15, -0.1) is 0 Å². The van der Waals surface area contributed by atoms with Crippen molar-refractivity contribution in [1.29, 1.82) is 0 Å². The van der Waals surface area contributed by atoms with Crippen LogP contribution in [0.1, 0.15) is 43.4 Å². The molecule has 0 aromatic heterocycles. The van der Waals surface area contributed by atoms with E-state index >= 15 is 0 Å². The number of piperidine rings is 1. The average molecular weight is 581 g/mol. The van der Waals surface area contributed by atoms with Gasteiger partial charge in [-0.05, 0) is 69.2 Å². The number of nitrogens with zero attached hydrogens (tertiary/aromatic N) is 3. The lowest BCUT2D eigenvalue weighted by Crippen LogP contribution is -2.65. The molecule has 3 unspecified atom stereocenters. The maximum absolute atomic E-state index is 14.2. The zero-order valence-electron chi connectivity index (χ0n) is 24.9. The van der Waals surface area contributed by atoms with Crippen LogP contribution in [-0.4, -0.2) is 100 Å². The van der Waals surface area contributed by atoms with Gasteiger partial charge in [-0.1, -0.05) is 6.92 Å². The minimum absolute atomic E-state index is 0.0619. The fraction of sp³-hybridized carbons (Fsp3) is 0.581. The number of hydrogen-bond acceptors (Lipinski definition) is 10. The third-order valence-electron chi connectivity index (χ3n) is 11.0. The van der Waals surface area contributed by atoms with Gasteiger partial charge in [-0.3, -0.25) is 24.2 Å². The first-order valence-electron chi connectivity index (χ1n) is 14.5. The number of primary amides is 1. The summed E-state index contributed by atoms with van der Waals surface area (Å²) in [5.74, 6) is -5.76. The van der Waals surface area contributed by atoms with E-state index < -0.39 is 58.0 Å². The molecule has 6 rings (SSSR count). The molecule has 1 heterocycles. The fourth-order valence-corrected chi connectivity index (χ4v) is 8.40. The number of phenolic OH excluding ortho intramolecular Hbond substituents is 1. The van der Waals surface area contributed by atoms with E-state index in [1.807, 2.05) is 25.1 Å². The van der Waals surface area contributed by atoms with E-state index in [0.717, 1.165) is 12.2 Å². The standard InChI is InChI=1S/C31H40N4O7/c1-13-30(2)10-16(30)12-35(13)11-15-9-19(33(3)4)17-7-14-8-18-23(34(5)6)26(38)22(29(32)41)28(40)31(18,42)27(39)20(14)25(37)21(17)24(15)36/h9,13-14,16,18,23,36-37,40,42H,7-8,10-12H2,1-6H3,(H2,32,41)/t13?,14-,16?,18-,23-,30?,31-/m0/s1. The van der Waals surface area contributed by atoms with E-state index in [-0.39, 0.29) is 35.1 Å². The van der Waals surface area contributed by atoms with Crippen molar-refractivity contribution in [2.45, 2.75) is 57.3 Å². The highest BCUT2D eigenvalue weighted by atomic mass is 16.3. The van der Waals surface area contributed by atoms with Crippen molar-refractivity contribution in [2.75, 3.05) is 39.6 Å². The Balaban J connectivity index is 1.50. The Morgan fingerprint density at radius 2 is 1.83 bits per heavy atom. The zero-order valence-corrected chi connectivity index (χ0v) is 24.9. The predicted molar refractivity (Wildman–Crippen MR) is 155 cm³/mol. The summed E-state index contributed by atoms with van der Waals surface area (Å²) in [6.07, 6.45) is 1.52. The maximum Gasteiger partial charge on any atom is 0.255 e. The summed E-state index contributed by atoms with van der Waals surface area (Å²) in [5, 5.41) is 46.2. The highest BCUT2D eigenvalue weighted by Crippen LogP contribution is 2.61. The van der Waals surface area contributed by atoms with Crippen molar-refractivity contribution in [3.8, 4) is 5.75 Å². The minimum atomic E-state index is -2.65. The van der Waals surface area contributed by atoms with Crippen molar-refractivity contribution in [3.63, 3.8) is 0 Å². The van der Waals surface area contributed by atoms with Crippen LogP contribution in [0, 0.1) is 23.2 Å². The number of aliphatic hydroxyl groups excluding tert-OH is 2. The van der Waals surface area contributed by atoms with Gasteiger partial charge >= 0.3 is 0 Å². The smallest absolute Gasteiger partial charge is 0.255 e. The number of phenols is 1. The molecule has 1 aromatic rings. The summed E-state index contributed by atoms with van der Waals surface area (Å²) in [5.41, 5.74) is 4.30. The number of amides is 1. The summed E-state index contributed by atoms with van der Waals surface area (Å²) < 4.78 is 0. The van der Waals surface area contributed by atoms with Crippen molar-refractivity contribution >= 4 is 28.9 Å². The van der Waals surface area contributed by atoms with E-state index in [9.17, 15) is 34.8 Å². The van der Waals surface area contributed by atoms with Crippen LogP contribution in [0.2, 0.25) is 0 Å². The molecule has 4 aliphatic carbocycles. The van der Waals surface area contributed by atoms with E-state index in [0.29, 0.717) is 29.6 Å². The molecule has 5 aliphatic rings. The number of nitrogens with two attached hydrogens (primary N) is 1. The van der Waals surface area contributed by atoms with Crippen molar-refractivity contribution in [1.82, 2.24) is 9.80 Å². The second kappa shape index (κ2) is 9.05. The lowest BCUT2D eigenvalue weighted by Gasteiger charge is -2.50. The van der Waals surface area contributed by atoms with Crippen molar-refractivity contribution in [3.05, 3.63) is 39.7 Å². The lowest BCUT2D eigenvalue weighted by molar-refractivity contribution is -0.153. The van der Waals surface area contributed by atoms with Crippen LogP contribution in [0.5, 0.6) is 5.75 Å². The van der Waals surface area contributed by atoms with Gasteiger partial charge in [0.2, 0.25) is 5.78 Å². The number of carbonyl (C=O) groups is 3. The first kappa shape index (κ1) is 28.7. The highest BCUT2D eigenvalue weighted by molar-refractivity contribution is 6.24. The number of fused-ring (bicyclic) bond motifs is 4. The monoisotopic (exact) mass is 580 g/mol. The quantitative estimate of drug-likeness (QED) is 0.320. The van der Waals surface area contributed by atoms with Gasteiger partial charge in [0.05, 0.1) is 11.6 Å². The molecule has 11 nitrogen and oxygen atoms in total. The number of likely N-dealkylation sites (N-methyl/N-ethyl adjacent to an activating group) is 1. The Bertz CT molecular complexity index is 1510. The average Bonchev–Trinajstić information content (AvgIpc) is 3.49. The Morgan fingerprint density at radius 3 is 2.38 bits per heavy atom. The number of carbonyl (C=O) groups excluding carboxylic acids is 3. The van der Waals surface area contributed by atoms with E-state index in [1.165, 1.54) is 11.3 Å². The number of likely N-dealkylation sites (tertiary alicyclic amines) is 1. The minimum Gasteiger partial charge on any atom is -0.508 e. The first-order chi connectivity index (χ1) is 19.5. The molecule has 42 heavy (non-hydrogen) atoms. The van der Waals surface area contributed by atoms with Crippen LogP contribution in [0.15, 0.2) is 23.0 Å². The number of ketones is 2. The summed E-state index contributed by atoms with van der Waals surface area (Å²) in [7, 11) is 6.93. The van der Waals surface area contributed by atoms with Gasteiger partial charge in [0, 0.05) is 56.0 Å². The van der Waals surface area contributed by atoms with E-state index in [2.05, 4.69) is 18.7 Å². The number of aromatic hydroxyl groups is 1. The third-order valence-corrected chi connectivity index (χ3v) is 11.0. The third kappa shape index (κ3) is 3.59. The number of hydrogen-bond donors (Lipinski definition) is 5. The summed E-state index contributed by atoms with van der Waals surface area (Å²) >= 11 is 0.